The Balaban J connectivity index is 1.65. The van der Waals surface area contributed by atoms with Gasteiger partial charge in [0, 0.05) is 22.7 Å². The average molecular weight is 338 g/mol. The van der Waals surface area contributed by atoms with Crippen molar-refractivity contribution in [2.24, 2.45) is 0 Å². The van der Waals surface area contributed by atoms with Crippen LogP contribution in [0.5, 0.6) is 5.75 Å². The van der Waals surface area contributed by atoms with Crippen LogP contribution in [0, 0.1) is 6.92 Å². The van der Waals surface area contributed by atoms with Crippen molar-refractivity contribution in [2.75, 3.05) is 12.4 Å². The molecule has 122 valence electrons. The standard InChI is InChI=1S/C19H18N2O2S/c1-13-6-8-14(9-7-13)19-21-16(12-24-19)11-18(22)20-15-4-3-5-17(10-15)23-2/h3-10,12H,11H2,1-2H3,(H,20,22). The number of nitrogens with zero attached hydrogens (tertiary/aromatic N) is 1. The van der Waals surface area contributed by atoms with Crippen molar-refractivity contribution in [3.63, 3.8) is 0 Å². The minimum absolute atomic E-state index is 0.0935. The van der Waals surface area contributed by atoms with E-state index in [1.807, 2.05) is 35.7 Å². The summed E-state index contributed by atoms with van der Waals surface area (Å²) in [5.74, 6) is 0.618. The number of benzene rings is 2. The summed E-state index contributed by atoms with van der Waals surface area (Å²) in [6.07, 6.45) is 0.250. The molecular weight excluding hydrogens is 320 g/mol. The van der Waals surface area contributed by atoms with Crippen LogP contribution in [-0.2, 0) is 11.2 Å². The second-order valence-corrected chi connectivity index (χ2v) is 6.33. The fourth-order valence-electron chi connectivity index (χ4n) is 2.29. The van der Waals surface area contributed by atoms with Gasteiger partial charge in [-0.15, -0.1) is 11.3 Å². The zero-order chi connectivity index (χ0) is 16.9. The van der Waals surface area contributed by atoms with E-state index in [0.29, 0.717) is 11.4 Å². The Labute approximate surface area is 145 Å². The maximum atomic E-state index is 12.2. The van der Waals surface area contributed by atoms with Gasteiger partial charge < -0.3 is 10.1 Å². The van der Waals surface area contributed by atoms with Crippen molar-refractivity contribution < 1.29 is 9.53 Å². The SMILES string of the molecule is COc1cccc(NC(=O)Cc2csc(-c3ccc(C)cc3)n2)c1. The minimum Gasteiger partial charge on any atom is -0.497 e. The molecule has 0 saturated carbocycles. The number of aromatic nitrogens is 1. The van der Waals surface area contributed by atoms with Crippen LogP contribution < -0.4 is 10.1 Å². The second-order valence-electron chi connectivity index (χ2n) is 5.47. The summed E-state index contributed by atoms with van der Waals surface area (Å²) in [6.45, 7) is 2.06. The van der Waals surface area contributed by atoms with E-state index in [-0.39, 0.29) is 12.3 Å². The van der Waals surface area contributed by atoms with Crippen molar-refractivity contribution in [1.29, 1.82) is 0 Å². The molecule has 0 saturated heterocycles. The lowest BCUT2D eigenvalue weighted by Gasteiger charge is -2.06. The lowest BCUT2D eigenvalue weighted by atomic mass is 10.2. The number of aryl methyl sites for hydroxylation is 1. The lowest BCUT2D eigenvalue weighted by Crippen LogP contribution is -2.14. The Morgan fingerprint density at radius 1 is 1.21 bits per heavy atom. The molecular formula is C19H18N2O2S. The van der Waals surface area contributed by atoms with Crippen LogP contribution in [0.4, 0.5) is 5.69 Å². The molecule has 0 bridgehead atoms. The van der Waals surface area contributed by atoms with Crippen molar-refractivity contribution in [3.05, 3.63) is 65.2 Å². The molecule has 5 heteroatoms. The smallest absolute Gasteiger partial charge is 0.230 e. The lowest BCUT2D eigenvalue weighted by molar-refractivity contribution is -0.115. The topological polar surface area (TPSA) is 51.2 Å². The Morgan fingerprint density at radius 2 is 2.00 bits per heavy atom. The van der Waals surface area contributed by atoms with Crippen LogP contribution in [0.25, 0.3) is 10.6 Å². The van der Waals surface area contributed by atoms with E-state index >= 15 is 0 Å². The first-order valence-corrected chi connectivity index (χ1v) is 8.47. The maximum absolute atomic E-state index is 12.2. The summed E-state index contributed by atoms with van der Waals surface area (Å²) >= 11 is 1.55. The molecule has 1 N–H and O–H groups in total. The third-order valence-corrected chi connectivity index (χ3v) is 4.49. The van der Waals surface area contributed by atoms with Gasteiger partial charge in [0.2, 0.25) is 5.91 Å². The molecule has 0 aliphatic heterocycles. The number of hydrogen-bond donors (Lipinski definition) is 1. The Hall–Kier alpha value is -2.66. The van der Waals surface area contributed by atoms with E-state index < -0.39 is 0 Å². The van der Waals surface area contributed by atoms with Crippen LogP contribution in [0.3, 0.4) is 0 Å². The first kappa shape index (κ1) is 16.2. The summed E-state index contributed by atoms with van der Waals surface area (Å²) < 4.78 is 5.15. The maximum Gasteiger partial charge on any atom is 0.230 e. The van der Waals surface area contributed by atoms with Gasteiger partial charge >= 0.3 is 0 Å². The number of hydrogen-bond acceptors (Lipinski definition) is 4. The molecule has 0 fully saturated rings. The van der Waals surface area contributed by atoms with Gasteiger partial charge in [0.1, 0.15) is 10.8 Å². The Kier molecular flexibility index (Phi) is 4.91. The van der Waals surface area contributed by atoms with Gasteiger partial charge in [-0.3, -0.25) is 4.79 Å². The molecule has 24 heavy (non-hydrogen) atoms. The predicted molar refractivity (Wildman–Crippen MR) is 97.6 cm³/mol. The fraction of sp³-hybridized carbons (Fsp3) is 0.158. The third-order valence-electron chi connectivity index (χ3n) is 3.55. The highest BCUT2D eigenvalue weighted by Gasteiger charge is 2.09. The van der Waals surface area contributed by atoms with Crippen molar-refractivity contribution in [2.45, 2.75) is 13.3 Å². The number of carbonyl (C=O) groups is 1. The quantitative estimate of drug-likeness (QED) is 0.754. The predicted octanol–water partition coefficient (Wildman–Crippen LogP) is 4.31. The zero-order valence-corrected chi connectivity index (χ0v) is 14.4. The van der Waals surface area contributed by atoms with Gasteiger partial charge in [0.25, 0.3) is 0 Å². The number of thiazole rings is 1. The highest BCUT2D eigenvalue weighted by atomic mass is 32.1. The zero-order valence-electron chi connectivity index (χ0n) is 13.6. The van der Waals surface area contributed by atoms with E-state index in [0.717, 1.165) is 16.3 Å². The fourth-order valence-corrected chi connectivity index (χ4v) is 3.11. The molecule has 3 aromatic rings. The largest absolute Gasteiger partial charge is 0.497 e. The van der Waals surface area contributed by atoms with Gasteiger partial charge in [0.15, 0.2) is 0 Å². The summed E-state index contributed by atoms with van der Waals surface area (Å²) in [5.41, 5.74) is 3.78. The molecule has 4 nitrogen and oxygen atoms in total. The number of amides is 1. The minimum atomic E-state index is -0.0935. The number of carbonyl (C=O) groups excluding carboxylic acids is 1. The van der Waals surface area contributed by atoms with Gasteiger partial charge in [-0.2, -0.15) is 0 Å². The molecule has 0 unspecified atom stereocenters. The molecule has 0 atom stereocenters. The average Bonchev–Trinajstić information content (AvgIpc) is 3.04. The first-order chi connectivity index (χ1) is 11.6. The van der Waals surface area contributed by atoms with Crippen LogP contribution in [0.1, 0.15) is 11.3 Å². The number of anilines is 1. The normalized spacial score (nSPS) is 10.4. The second kappa shape index (κ2) is 7.27. The molecule has 0 spiro atoms. The molecule has 0 aliphatic rings. The summed E-state index contributed by atoms with van der Waals surface area (Å²) in [6, 6.07) is 15.5. The molecule has 1 aromatic heterocycles. The molecule has 3 rings (SSSR count). The summed E-state index contributed by atoms with van der Waals surface area (Å²) in [7, 11) is 1.60. The van der Waals surface area contributed by atoms with Crippen LogP contribution in [-0.4, -0.2) is 18.0 Å². The van der Waals surface area contributed by atoms with Crippen molar-refractivity contribution >= 4 is 22.9 Å². The van der Waals surface area contributed by atoms with E-state index in [9.17, 15) is 4.79 Å². The van der Waals surface area contributed by atoms with Gasteiger partial charge in [-0.05, 0) is 19.1 Å². The van der Waals surface area contributed by atoms with Crippen molar-refractivity contribution in [1.82, 2.24) is 4.98 Å². The molecule has 2 aromatic carbocycles. The van der Waals surface area contributed by atoms with Crippen LogP contribution >= 0.6 is 11.3 Å². The monoisotopic (exact) mass is 338 g/mol. The van der Waals surface area contributed by atoms with E-state index in [1.54, 1.807) is 24.5 Å². The van der Waals surface area contributed by atoms with Gasteiger partial charge in [0.05, 0.1) is 19.2 Å². The van der Waals surface area contributed by atoms with Crippen LogP contribution in [0.2, 0.25) is 0 Å². The van der Waals surface area contributed by atoms with E-state index in [1.165, 1.54) is 5.56 Å². The molecule has 1 heterocycles. The highest BCUT2D eigenvalue weighted by Crippen LogP contribution is 2.24. The number of methoxy groups -OCH3 is 1. The first-order valence-electron chi connectivity index (χ1n) is 7.59. The number of nitrogens with one attached hydrogen (secondary N) is 1. The Bertz CT molecular complexity index is 841. The van der Waals surface area contributed by atoms with Gasteiger partial charge in [-0.25, -0.2) is 4.98 Å². The third kappa shape index (κ3) is 4.00. The number of rotatable bonds is 5. The molecule has 1 amide bonds. The van der Waals surface area contributed by atoms with Gasteiger partial charge in [-0.1, -0.05) is 35.9 Å². The van der Waals surface area contributed by atoms with Crippen LogP contribution in [0.15, 0.2) is 53.9 Å². The van der Waals surface area contributed by atoms with E-state index in [4.69, 9.17) is 4.74 Å². The summed E-state index contributed by atoms with van der Waals surface area (Å²) in [5, 5.41) is 5.73. The van der Waals surface area contributed by atoms with Crippen molar-refractivity contribution in [3.8, 4) is 16.3 Å². The summed E-state index contributed by atoms with van der Waals surface area (Å²) in [4.78, 5) is 16.7. The highest BCUT2D eigenvalue weighted by molar-refractivity contribution is 7.13. The molecule has 0 aliphatic carbocycles. The molecule has 0 radical (unpaired) electrons. The Morgan fingerprint density at radius 3 is 2.75 bits per heavy atom. The number of ether oxygens (including phenoxy) is 1. The van der Waals surface area contributed by atoms with E-state index in [2.05, 4.69) is 29.4 Å².